The molecule has 0 aromatic heterocycles. The molecule has 0 spiro atoms. The topological polar surface area (TPSA) is 26.3 Å². The third kappa shape index (κ3) is 3.27. The van der Waals surface area contributed by atoms with Crippen LogP contribution in [0.25, 0.3) is 0 Å². The number of hydrogen-bond donors (Lipinski definition) is 0. The molecule has 0 amide bonds. The molecule has 4 fully saturated rings. The average Bonchev–Trinajstić information content (AvgIpc) is 2.67. The van der Waals surface area contributed by atoms with Crippen LogP contribution in [0.5, 0.6) is 0 Å². The van der Waals surface area contributed by atoms with Crippen LogP contribution in [-0.2, 0) is 9.53 Å². The first-order valence-electron chi connectivity index (χ1n) is 13.6. The van der Waals surface area contributed by atoms with Crippen molar-refractivity contribution in [3.8, 4) is 0 Å². The van der Waals surface area contributed by atoms with E-state index in [1.54, 1.807) is 6.92 Å². The van der Waals surface area contributed by atoms with Crippen molar-refractivity contribution >= 4 is 5.97 Å². The predicted molar refractivity (Wildman–Crippen MR) is 129 cm³/mol. The van der Waals surface area contributed by atoms with Gasteiger partial charge in [-0.1, -0.05) is 61.3 Å². The molecule has 0 heterocycles. The summed E-state index contributed by atoms with van der Waals surface area (Å²) in [5.41, 5.74) is 1.40. The minimum absolute atomic E-state index is 0.0730. The third-order valence-electron chi connectivity index (χ3n) is 12.2. The van der Waals surface area contributed by atoms with E-state index >= 15 is 0 Å². The maximum absolute atomic E-state index is 11.8. The summed E-state index contributed by atoms with van der Waals surface area (Å²) >= 11 is 0. The van der Waals surface area contributed by atoms with Gasteiger partial charge in [0.2, 0.25) is 0 Å². The molecule has 0 aliphatic heterocycles. The minimum atomic E-state index is -0.103. The van der Waals surface area contributed by atoms with Crippen molar-refractivity contribution in [2.45, 2.75) is 126 Å². The molecule has 4 rings (SSSR count). The highest BCUT2D eigenvalue weighted by Crippen LogP contribution is 2.75. The molecule has 4 aliphatic carbocycles. The van der Waals surface area contributed by atoms with Gasteiger partial charge in [-0.25, -0.2) is 0 Å². The Labute approximate surface area is 192 Å². The number of esters is 1. The number of ether oxygens (including phenoxy) is 1. The highest BCUT2D eigenvalue weighted by atomic mass is 16.5. The highest BCUT2D eigenvalue weighted by Gasteiger charge is 2.68. The summed E-state index contributed by atoms with van der Waals surface area (Å²) in [4.78, 5) is 11.8. The fourth-order valence-electron chi connectivity index (χ4n) is 10.5. The Morgan fingerprint density at radius 1 is 0.871 bits per heavy atom. The molecule has 0 saturated heterocycles. The standard InChI is InChI=1S/C29H50O2/c1-9-10-21-19(2)13-17-28(7)22(21)11-12-24-27(6)16-15-25(31-20(3)30)26(4,5)23(27)14-18-29(24,28)8/h19,21-25H,9-18H2,1-8H3/t19-,21-,22+,23?,24?,25-,27-,28+,29+/m0/s1. The van der Waals surface area contributed by atoms with Crippen LogP contribution >= 0.6 is 0 Å². The summed E-state index contributed by atoms with van der Waals surface area (Å²) in [5, 5.41) is 0. The van der Waals surface area contributed by atoms with Gasteiger partial charge in [-0.2, -0.15) is 0 Å². The maximum Gasteiger partial charge on any atom is 0.302 e. The summed E-state index contributed by atoms with van der Waals surface area (Å²) in [6, 6.07) is 0. The minimum Gasteiger partial charge on any atom is -0.462 e. The molecule has 2 unspecified atom stereocenters. The van der Waals surface area contributed by atoms with Gasteiger partial charge in [0.25, 0.3) is 0 Å². The van der Waals surface area contributed by atoms with Crippen molar-refractivity contribution in [3.63, 3.8) is 0 Å². The number of fused-ring (bicyclic) bond motifs is 5. The van der Waals surface area contributed by atoms with E-state index in [-0.39, 0.29) is 17.5 Å². The van der Waals surface area contributed by atoms with Crippen molar-refractivity contribution in [1.29, 1.82) is 0 Å². The van der Waals surface area contributed by atoms with Crippen molar-refractivity contribution in [2.75, 3.05) is 0 Å². The Hall–Kier alpha value is -0.530. The molecule has 2 heteroatoms. The fraction of sp³-hybridized carbons (Fsp3) is 0.966. The lowest BCUT2D eigenvalue weighted by atomic mass is 9.33. The zero-order chi connectivity index (χ0) is 22.8. The Morgan fingerprint density at radius 3 is 2.19 bits per heavy atom. The molecule has 0 N–H and O–H groups in total. The van der Waals surface area contributed by atoms with Crippen LogP contribution in [0.1, 0.15) is 120 Å². The molecule has 31 heavy (non-hydrogen) atoms. The molecule has 4 saturated carbocycles. The molecule has 4 aliphatic rings. The van der Waals surface area contributed by atoms with E-state index < -0.39 is 0 Å². The smallest absolute Gasteiger partial charge is 0.302 e. The second-order valence-corrected chi connectivity index (χ2v) is 13.6. The zero-order valence-corrected chi connectivity index (χ0v) is 21.9. The van der Waals surface area contributed by atoms with Crippen molar-refractivity contribution in [3.05, 3.63) is 0 Å². The van der Waals surface area contributed by atoms with Crippen LogP contribution in [0.15, 0.2) is 0 Å². The van der Waals surface area contributed by atoms with Crippen molar-refractivity contribution < 1.29 is 9.53 Å². The van der Waals surface area contributed by atoms with Crippen molar-refractivity contribution in [2.24, 2.45) is 51.2 Å². The molecule has 178 valence electrons. The number of carbonyl (C=O) groups is 1. The predicted octanol–water partition coefficient (Wildman–Crippen LogP) is 8.04. The Kier molecular flexibility index (Phi) is 5.92. The summed E-state index contributed by atoms with van der Waals surface area (Å²) in [6.07, 6.45) is 13.5. The monoisotopic (exact) mass is 430 g/mol. The molecular formula is C29H50O2. The molecule has 0 aromatic rings. The summed E-state index contributed by atoms with van der Waals surface area (Å²) in [5.74, 6) is 4.13. The van der Waals surface area contributed by atoms with Crippen LogP contribution < -0.4 is 0 Å². The SMILES string of the molecule is CCC[C@@H]1[C@H]2CCC3[C@@]4(C)CC[C@H](OC(C)=O)C(C)(C)C4CC[C@@]3(C)[C@]2(C)CC[C@@H]1C. The van der Waals surface area contributed by atoms with Gasteiger partial charge in [-0.3, -0.25) is 4.79 Å². The first-order valence-corrected chi connectivity index (χ1v) is 13.6. The largest absolute Gasteiger partial charge is 0.462 e. The van der Waals surface area contributed by atoms with E-state index in [4.69, 9.17) is 4.74 Å². The average molecular weight is 431 g/mol. The Bertz CT molecular complexity index is 697. The second kappa shape index (κ2) is 7.76. The van der Waals surface area contributed by atoms with E-state index in [1.165, 1.54) is 57.8 Å². The Balaban J connectivity index is 1.67. The van der Waals surface area contributed by atoms with Crippen molar-refractivity contribution in [1.82, 2.24) is 0 Å². The fourth-order valence-corrected chi connectivity index (χ4v) is 10.5. The van der Waals surface area contributed by atoms with Crippen LogP contribution in [-0.4, -0.2) is 12.1 Å². The molecule has 9 atom stereocenters. The van der Waals surface area contributed by atoms with Crippen LogP contribution in [0.2, 0.25) is 0 Å². The number of rotatable bonds is 3. The highest BCUT2D eigenvalue weighted by molar-refractivity contribution is 5.66. The molecule has 0 radical (unpaired) electrons. The first-order chi connectivity index (χ1) is 14.4. The zero-order valence-electron chi connectivity index (χ0n) is 21.9. The normalized spacial score (nSPS) is 51.2. The quantitative estimate of drug-likeness (QED) is 0.423. The molecular weight excluding hydrogens is 380 g/mol. The summed E-state index contributed by atoms with van der Waals surface area (Å²) < 4.78 is 5.88. The summed E-state index contributed by atoms with van der Waals surface area (Å²) in [6.45, 7) is 19.4. The lowest BCUT2D eigenvalue weighted by Gasteiger charge is -2.72. The number of carbonyl (C=O) groups excluding carboxylic acids is 1. The number of hydrogen-bond acceptors (Lipinski definition) is 2. The molecule has 0 aromatic carbocycles. The van der Waals surface area contributed by atoms with E-state index in [1.807, 2.05) is 0 Å². The maximum atomic E-state index is 11.8. The van der Waals surface area contributed by atoms with Gasteiger partial charge in [0.05, 0.1) is 0 Å². The van der Waals surface area contributed by atoms with Crippen LogP contribution in [0.3, 0.4) is 0 Å². The van der Waals surface area contributed by atoms with Crippen LogP contribution in [0.4, 0.5) is 0 Å². The first kappa shape index (κ1) is 23.6. The molecule has 0 bridgehead atoms. The van der Waals surface area contributed by atoms with E-state index in [2.05, 4.69) is 48.5 Å². The van der Waals surface area contributed by atoms with Crippen LogP contribution in [0, 0.1) is 51.2 Å². The second-order valence-electron chi connectivity index (χ2n) is 13.6. The van der Waals surface area contributed by atoms with E-state index in [0.29, 0.717) is 22.2 Å². The van der Waals surface area contributed by atoms with E-state index in [0.717, 1.165) is 30.1 Å². The van der Waals surface area contributed by atoms with Gasteiger partial charge in [-0.05, 0) is 97.2 Å². The van der Waals surface area contributed by atoms with Gasteiger partial charge in [0.15, 0.2) is 0 Å². The molecule has 2 nitrogen and oxygen atoms in total. The lowest BCUT2D eigenvalue weighted by Crippen LogP contribution is -2.66. The van der Waals surface area contributed by atoms with E-state index in [9.17, 15) is 4.79 Å². The Morgan fingerprint density at radius 2 is 1.55 bits per heavy atom. The van der Waals surface area contributed by atoms with Gasteiger partial charge in [0.1, 0.15) is 6.10 Å². The lowest BCUT2D eigenvalue weighted by molar-refractivity contribution is -0.243. The van der Waals surface area contributed by atoms with Gasteiger partial charge in [-0.15, -0.1) is 0 Å². The van der Waals surface area contributed by atoms with Gasteiger partial charge < -0.3 is 4.74 Å². The summed E-state index contributed by atoms with van der Waals surface area (Å²) in [7, 11) is 0. The van der Waals surface area contributed by atoms with Gasteiger partial charge in [0, 0.05) is 12.3 Å². The van der Waals surface area contributed by atoms with Gasteiger partial charge >= 0.3 is 5.97 Å². The third-order valence-corrected chi connectivity index (χ3v) is 12.2.